The first-order valence-corrected chi connectivity index (χ1v) is 6.34. The molecule has 0 aliphatic carbocycles. The lowest BCUT2D eigenvalue weighted by Gasteiger charge is -2.01. The fourth-order valence-corrected chi connectivity index (χ4v) is 2.70. The highest BCUT2D eigenvalue weighted by molar-refractivity contribution is 7.12. The topological polar surface area (TPSA) is 56.3 Å². The quantitative estimate of drug-likeness (QED) is 0.477. The Bertz CT molecular complexity index is 534. The molecule has 2 heterocycles. The Morgan fingerprint density at radius 3 is 2.76 bits per heavy atom. The van der Waals surface area contributed by atoms with Gasteiger partial charge in [0.05, 0.1) is 6.07 Å². The van der Waals surface area contributed by atoms with Crippen LogP contribution in [0, 0.1) is 10.1 Å². The molecule has 2 rings (SSSR count). The van der Waals surface area contributed by atoms with Crippen molar-refractivity contribution >= 4 is 28.8 Å². The molecule has 2 aromatic heterocycles. The Morgan fingerprint density at radius 1 is 1.47 bits per heavy atom. The molecule has 90 valence electrons. The summed E-state index contributed by atoms with van der Waals surface area (Å²) in [5.74, 6) is 0.126. The van der Waals surface area contributed by atoms with Crippen LogP contribution in [0.1, 0.15) is 27.8 Å². The van der Waals surface area contributed by atoms with Crippen LogP contribution >= 0.6 is 22.9 Å². The largest absolute Gasteiger partial charge is 0.433 e. The Balaban J connectivity index is 2.23. The van der Waals surface area contributed by atoms with Crippen molar-refractivity contribution in [3.8, 4) is 0 Å². The van der Waals surface area contributed by atoms with Crippen molar-refractivity contribution in [1.29, 1.82) is 0 Å². The Hall–Kier alpha value is -1.33. The van der Waals surface area contributed by atoms with Gasteiger partial charge in [0.2, 0.25) is 0 Å². The molecule has 0 saturated heterocycles. The van der Waals surface area contributed by atoms with Gasteiger partial charge in [-0.15, -0.1) is 22.9 Å². The Morgan fingerprint density at radius 2 is 2.24 bits per heavy atom. The van der Waals surface area contributed by atoms with Crippen LogP contribution in [-0.2, 0) is 6.42 Å². The van der Waals surface area contributed by atoms with Crippen molar-refractivity contribution in [3.63, 3.8) is 0 Å². The number of halogens is 1. The molecule has 2 aromatic rings. The maximum Gasteiger partial charge on any atom is 0.433 e. The molecule has 1 atom stereocenters. The van der Waals surface area contributed by atoms with Crippen LogP contribution in [0.5, 0.6) is 0 Å². The van der Waals surface area contributed by atoms with E-state index in [-0.39, 0.29) is 5.88 Å². The minimum atomic E-state index is -0.570. The van der Waals surface area contributed by atoms with Crippen LogP contribution in [0.4, 0.5) is 5.88 Å². The van der Waals surface area contributed by atoms with Gasteiger partial charge in [0.1, 0.15) is 16.1 Å². The first kappa shape index (κ1) is 12.1. The van der Waals surface area contributed by atoms with Crippen LogP contribution in [0.2, 0.25) is 0 Å². The van der Waals surface area contributed by atoms with Gasteiger partial charge in [-0.3, -0.25) is 10.1 Å². The van der Waals surface area contributed by atoms with E-state index in [0.29, 0.717) is 5.76 Å². The molecular formula is C11H10ClNO3S. The molecule has 0 fully saturated rings. The predicted octanol–water partition coefficient (Wildman–Crippen LogP) is 4.14. The number of nitro groups is 1. The zero-order valence-electron chi connectivity index (χ0n) is 9.05. The van der Waals surface area contributed by atoms with Gasteiger partial charge in [-0.2, -0.15) is 0 Å². The van der Waals surface area contributed by atoms with Crippen LogP contribution in [0.25, 0.3) is 0 Å². The average molecular weight is 272 g/mol. The lowest BCUT2D eigenvalue weighted by atomic mass is 10.2. The summed E-state index contributed by atoms with van der Waals surface area (Å²) in [4.78, 5) is 12.1. The molecule has 0 amide bonds. The second-order valence-electron chi connectivity index (χ2n) is 3.45. The number of furan rings is 1. The smallest absolute Gasteiger partial charge is 0.404 e. The van der Waals surface area contributed by atoms with Gasteiger partial charge in [-0.25, -0.2) is 0 Å². The van der Waals surface area contributed by atoms with E-state index < -0.39 is 10.3 Å². The zero-order chi connectivity index (χ0) is 12.4. The molecule has 0 saturated carbocycles. The number of alkyl halides is 1. The molecule has 6 heteroatoms. The van der Waals surface area contributed by atoms with Crippen molar-refractivity contribution < 1.29 is 9.34 Å². The third-order valence-corrected chi connectivity index (χ3v) is 4.20. The van der Waals surface area contributed by atoms with E-state index in [1.54, 1.807) is 17.4 Å². The number of hydrogen-bond acceptors (Lipinski definition) is 4. The second kappa shape index (κ2) is 4.89. The highest BCUT2D eigenvalue weighted by Gasteiger charge is 2.20. The van der Waals surface area contributed by atoms with Gasteiger partial charge in [0.25, 0.3) is 0 Å². The lowest BCUT2D eigenvalue weighted by Crippen LogP contribution is -1.87. The molecule has 0 N–H and O–H groups in total. The van der Waals surface area contributed by atoms with Crippen LogP contribution < -0.4 is 0 Å². The third kappa shape index (κ3) is 2.50. The summed E-state index contributed by atoms with van der Waals surface area (Å²) < 4.78 is 5.08. The Kier molecular flexibility index (Phi) is 3.49. The molecule has 0 aromatic carbocycles. The first-order chi connectivity index (χ1) is 8.11. The minimum Gasteiger partial charge on any atom is -0.404 e. The van der Waals surface area contributed by atoms with Crippen molar-refractivity contribution in [2.75, 3.05) is 0 Å². The van der Waals surface area contributed by atoms with Crippen LogP contribution in [-0.4, -0.2) is 4.92 Å². The van der Waals surface area contributed by atoms with Crippen molar-refractivity contribution in [2.24, 2.45) is 0 Å². The summed E-state index contributed by atoms with van der Waals surface area (Å²) in [7, 11) is 0. The fourth-order valence-electron chi connectivity index (χ4n) is 1.44. The molecule has 0 aliphatic heterocycles. The number of nitrogens with zero attached hydrogens (tertiary/aromatic N) is 1. The van der Waals surface area contributed by atoms with E-state index in [9.17, 15) is 10.1 Å². The number of hydrogen-bond donors (Lipinski definition) is 0. The van der Waals surface area contributed by atoms with Gasteiger partial charge in [-0.1, -0.05) is 6.92 Å². The molecule has 1 unspecified atom stereocenters. The molecule has 0 aliphatic rings. The molecular weight excluding hydrogens is 262 g/mol. The Labute approximate surface area is 107 Å². The van der Waals surface area contributed by atoms with Crippen molar-refractivity contribution in [3.05, 3.63) is 49.9 Å². The third-order valence-electron chi connectivity index (χ3n) is 2.32. The summed E-state index contributed by atoms with van der Waals surface area (Å²) in [6.45, 7) is 2.07. The normalized spacial score (nSPS) is 12.6. The van der Waals surface area contributed by atoms with E-state index in [1.807, 2.05) is 12.1 Å². The summed E-state index contributed by atoms with van der Waals surface area (Å²) in [6, 6.07) is 6.79. The first-order valence-electron chi connectivity index (χ1n) is 5.08. The highest BCUT2D eigenvalue weighted by atomic mass is 35.5. The lowest BCUT2D eigenvalue weighted by molar-refractivity contribution is -0.402. The molecule has 0 bridgehead atoms. The van der Waals surface area contributed by atoms with Gasteiger partial charge < -0.3 is 4.42 Å². The van der Waals surface area contributed by atoms with Crippen molar-refractivity contribution in [1.82, 2.24) is 0 Å². The second-order valence-corrected chi connectivity index (χ2v) is 5.09. The predicted molar refractivity (Wildman–Crippen MR) is 66.8 cm³/mol. The van der Waals surface area contributed by atoms with E-state index in [4.69, 9.17) is 16.0 Å². The standard InChI is InChI=1S/C11H10ClNO3S/c1-2-7-3-5-9(17-7)11(12)8-4-6-10(16-8)13(14)15/h3-6,11H,2H2,1H3. The van der Waals surface area contributed by atoms with Gasteiger partial charge >= 0.3 is 5.88 Å². The maximum atomic E-state index is 10.5. The van der Waals surface area contributed by atoms with E-state index in [2.05, 4.69) is 6.92 Å². The van der Waals surface area contributed by atoms with Crippen LogP contribution in [0.3, 0.4) is 0 Å². The van der Waals surface area contributed by atoms with E-state index in [0.717, 1.165) is 11.3 Å². The van der Waals surface area contributed by atoms with Crippen LogP contribution in [0.15, 0.2) is 28.7 Å². The number of aryl methyl sites for hydroxylation is 1. The zero-order valence-corrected chi connectivity index (χ0v) is 10.6. The monoisotopic (exact) mass is 271 g/mol. The maximum absolute atomic E-state index is 10.5. The molecule has 0 radical (unpaired) electrons. The SMILES string of the molecule is CCc1ccc(C(Cl)c2ccc([N+](=O)[O-])o2)s1. The number of rotatable bonds is 4. The van der Waals surface area contributed by atoms with E-state index in [1.165, 1.54) is 10.9 Å². The molecule has 0 spiro atoms. The average Bonchev–Trinajstić information content (AvgIpc) is 2.97. The fraction of sp³-hybridized carbons (Fsp3) is 0.273. The minimum absolute atomic E-state index is 0.280. The summed E-state index contributed by atoms with van der Waals surface area (Å²) in [5, 5.41) is 10.0. The van der Waals surface area contributed by atoms with Gasteiger partial charge in [0.15, 0.2) is 0 Å². The molecule has 4 nitrogen and oxygen atoms in total. The summed E-state index contributed by atoms with van der Waals surface area (Å²) >= 11 is 7.81. The summed E-state index contributed by atoms with van der Waals surface area (Å²) in [5.41, 5.74) is 0. The highest BCUT2D eigenvalue weighted by Crippen LogP contribution is 2.35. The van der Waals surface area contributed by atoms with Gasteiger partial charge in [0, 0.05) is 9.75 Å². The van der Waals surface area contributed by atoms with E-state index >= 15 is 0 Å². The number of thiophene rings is 1. The summed E-state index contributed by atoms with van der Waals surface area (Å²) in [6.07, 6.45) is 0.951. The van der Waals surface area contributed by atoms with Gasteiger partial charge in [-0.05, 0) is 24.6 Å². The molecule has 17 heavy (non-hydrogen) atoms. The van der Waals surface area contributed by atoms with Crippen molar-refractivity contribution in [2.45, 2.75) is 18.7 Å².